The van der Waals surface area contributed by atoms with E-state index < -0.39 is 17.7 Å². The number of Topliss-reactive ketones (excluding diaryl/α,β-unsaturated/α-hetero) is 1. The Morgan fingerprint density at radius 3 is 2.41 bits per heavy atom. The smallest absolute Gasteiger partial charge is 0.295 e. The fourth-order valence-corrected chi connectivity index (χ4v) is 4.42. The van der Waals surface area contributed by atoms with Crippen molar-refractivity contribution in [1.29, 1.82) is 0 Å². The van der Waals surface area contributed by atoms with E-state index in [9.17, 15) is 14.7 Å². The Bertz CT molecular complexity index is 1250. The lowest BCUT2D eigenvalue weighted by molar-refractivity contribution is -0.140. The molecular weight excluding hydrogens is 468 g/mol. The summed E-state index contributed by atoms with van der Waals surface area (Å²) in [5, 5.41) is 11.3. The molecule has 1 N–H and O–H groups in total. The van der Waals surface area contributed by atoms with Gasteiger partial charge >= 0.3 is 0 Å². The summed E-state index contributed by atoms with van der Waals surface area (Å²) in [6.45, 7) is 5.32. The fraction of sp³-hybridized carbons (Fsp3) is 0.300. The first kappa shape index (κ1) is 25.9. The van der Waals surface area contributed by atoms with Crippen LogP contribution in [0.5, 0.6) is 11.5 Å². The van der Waals surface area contributed by atoms with E-state index in [0.29, 0.717) is 35.8 Å². The maximum atomic E-state index is 13.3. The van der Waals surface area contributed by atoms with Crippen molar-refractivity contribution in [3.05, 3.63) is 95.3 Å². The lowest BCUT2D eigenvalue weighted by Crippen LogP contribution is -2.29. The van der Waals surface area contributed by atoms with E-state index >= 15 is 0 Å². The second kappa shape index (κ2) is 12.2. The maximum Gasteiger partial charge on any atom is 0.295 e. The molecule has 1 saturated heterocycles. The normalized spacial score (nSPS) is 16.7. The summed E-state index contributed by atoms with van der Waals surface area (Å²) in [4.78, 5) is 32.1. The number of aliphatic hydroxyl groups excluding tert-OH is 1. The Balaban J connectivity index is 1.75. The summed E-state index contributed by atoms with van der Waals surface area (Å²) < 4.78 is 11.4. The van der Waals surface area contributed by atoms with Crippen molar-refractivity contribution in [2.45, 2.75) is 45.7 Å². The van der Waals surface area contributed by atoms with Gasteiger partial charge in [0.25, 0.3) is 11.7 Å². The molecule has 1 amide bonds. The number of pyridine rings is 1. The van der Waals surface area contributed by atoms with Crippen LogP contribution in [0.4, 0.5) is 0 Å². The number of carbonyl (C=O) groups is 2. The summed E-state index contributed by atoms with van der Waals surface area (Å²) in [5.41, 5.74) is 2.00. The molecule has 2 aromatic carbocycles. The highest BCUT2D eigenvalue weighted by Gasteiger charge is 2.46. The van der Waals surface area contributed by atoms with Gasteiger partial charge in [0.1, 0.15) is 17.3 Å². The number of likely N-dealkylation sites (tertiary alicyclic amines) is 1. The molecule has 7 nitrogen and oxygen atoms in total. The second-order valence-electron chi connectivity index (χ2n) is 8.87. The number of rotatable bonds is 11. The number of hydrogen-bond acceptors (Lipinski definition) is 6. The molecule has 4 rings (SSSR count). The third kappa shape index (κ3) is 6.00. The molecule has 37 heavy (non-hydrogen) atoms. The molecule has 7 heteroatoms. The number of ether oxygens (including phenoxy) is 2. The monoisotopic (exact) mass is 500 g/mol. The van der Waals surface area contributed by atoms with Gasteiger partial charge in [0.05, 0.1) is 24.8 Å². The number of nitrogens with zero attached hydrogens (tertiary/aromatic N) is 2. The summed E-state index contributed by atoms with van der Waals surface area (Å²) >= 11 is 0. The van der Waals surface area contributed by atoms with Crippen LogP contribution in [0, 0.1) is 0 Å². The first-order valence-electron chi connectivity index (χ1n) is 12.7. The molecule has 2 heterocycles. The van der Waals surface area contributed by atoms with Gasteiger partial charge in [-0.3, -0.25) is 14.6 Å². The largest absolute Gasteiger partial charge is 0.507 e. The van der Waals surface area contributed by atoms with Gasteiger partial charge in [0.2, 0.25) is 0 Å². The number of carbonyl (C=O) groups excluding carboxylic acids is 2. The summed E-state index contributed by atoms with van der Waals surface area (Å²) in [6.07, 6.45) is 6.41. The van der Waals surface area contributed by atoms with Crippen LogP contribution in [0.15, 0.2) is 78.6 Å². The average Bonchev–Trinajstić information content (AvgIpc) is 3.17. The predicted octanol–water partition coefficient (Wildman–Crippen LogP) is 5.67. The van der Waals surface area contributed by atoms with Gasteiger partial charge in [-0.2, -0.15) is 0 Å². The van der Waals surface area contributed by atoms with Gasteiger partial charge in [-0.1, -0.05) is 31.9 Å². The molecule has 3 aromatic rings. The minimum atomic E-state index is -0.779. The summed E-state index contributed by atoms with van der Waals surface area (Å²) in [6, 6.07) is 17.0. The van der Waals surface area contributed by atoms with Gasteiger partial charge in [0.15, 0.2) is 0 Å². The number of unbranched alkanes of at least 4 members (excludes halogenated alkanes) is 2. The molecule has 1 aliphatic rings. The van der Waals surface area contributed by atoms with E-state index in [1.54, 1.807) is 48.8 Å². The molecule has 0 spiro atoms. The van der Waals surface area contributed by atoms with Crippen LogP contribution in [-0.4, -0.2) is 39.9 Å². The molecule has 1 aliphatic heterocycles. The first-order valence-corrected chi connectivity index (χ1v) is 12.7. The molecule has 0 saturated carbocycles. The number of amides is 1. The molecular formula is C30H32N2O5. The molecule has 1 atom stereocenters. The molecule has 1 aromatic heterocycles. The van der Waals surface area contributed by atoms with Crippen LogP contribution >= 0.6 is 0 Å². The Hall–Kier alpha value is -4.13. The van der Waals surface area contributed by atoms with Crippen molar-refractivity contribution in [3.8, 4) is 11.5 Å². The van der Waals surface area contributed by atoms with E-state index in [1.807, 2.05) is 31.2 Å². The van der Waals surface area contributed by atoms with Gasteiger partial charge in [0, 0.05) is 24.5 Å². The third-order valence-electron chi connectivity index (χ3n) is 6.27. The average molecular weight is 501 g/mol. The third-order valence-corrected chi connectivity index (χ3v) is 6.27. The molecule has 0 aliphatic carbocycles. The Morgan fingerprint density at radius 2 is 1.70 bits per heavy atom. The van der Waals surface area contributed by atoms with Crippen LogP contribution in [0.2, 0.25) is 0 Å². The highest BCUT2D eigenvalue weighted by molar-refractivity contribution is 6.46. The van der Waals surface area contributed by atoms with Crippen molar-refractivity contribution < 1.29 is 24.2 Å². The van der Waals surface area contributed by atoms with Crippen LogP contribution in [-0.2, 0) is 16.1 Å². The van der Waals surface area contributed by atoms with Crippen molar-refractivity contribution in [2.24, 2.45) is 0 Å². The first-order chi connectivity index (χ1) is 18.0. The number of ketones is 1. The van der Waals surface area contributed by atoms with E-state index in [2.05, 4.69) is 11.9 Å². The zero-order valence-electron chi connectivity index (χ0n) is 21.2. The Labute approximate surface area is 217 Å². The number of aliphatic hydroxyl groups is 1. The van der Waals surface area contributed by atoms with E-state index in [4.69, 9.17) is 9.47 Å². The minimum Gasteiger partial charge on any atom is -0.507 e. The van der Waals surface area contributed by atoms with E-state index in [1.165, 1.54) is 4.90 Å². The van der Waals surface area contributed by atoms with Gasteiger partial charge in [-0.05, 0) is 73.0 Å². The standard InChI is InChI=1S/C30H32N2O5/c1-3-5-6-18-37-25-9-7-8-23(19-25)27-26(28(33)22-10-12-24(13-11-22)36-4-2)29(34)30(35)32(27)20-21-14-16-31-17-15-21/h7-17,19,27,33H,3-6,18,20H2,1-2H3/b28-26+. The van der Waals surface area contributed by atoms with Crippen LogP contribution < -0.4 is 9.47 Å². The van der Waals surface area contributed by atoms with E-state index in [-0.39, 0.29) is 17.9 Å². The lowest BCUT2D eigenvalue weighted by Gasteiger charge is -2.26. The van der Waals surface area contributed by atoms with Crippen molar-refractivity contribution in [1.82, 2.24) is 9.88 Å². The number of benzene rings is 2. The van der Waals surface area contributed by atoms with Crippen LogP contribution in [0.1, 0.15) is 55.8 Å². The molecule has 0 bridgehead atoms. The number of aromatic nitrogens is 1. The van der Waals surface area contributed by atoms with Gasteiger partial charge in [-0.25, -0.2) is 0 Å². The lowest BCUT2D eigenvalue weighted by atomic mass is 9.95. The fourth-order valence-electron chi connectivity index (χ4n) is 4.42. The minimum absolute atomic E-state index is 0.0475. The van der Waals surface area contributed by atoms with Crippen molar-refractivity contribution >= 4 is 17.4 Å². The summed E-state index contributed by atoms with van der Waals surface area (Å²) in [5.74, 6) is -0.299. The second-order valence-corrected chi connectivity index (χ2v) is 8.87. The predicted molar refractivity (Wildman–Crippen MR) is 141 cm³/mol. The number of hydrogen-bond donors (Lipinski definition) is 1. The SMILES string of the molecule is CCCCCOc1cccc(C2/C(=C(\O)c3ccc(OCC)cc3)C(=O)C(=O)N2Cc2ccncc2)c1. The highest BCUT2D eigenvalue weighted by atomic mass is 16.5. The quantitative estimate of drug-likeness (QED) is 0.158. The highest BCUT2D eigenvalue weighted by Crippen LogP contribution is 2.41. The van der Waals surface area contributed by atoms with E-state index in [0.717, 1.165) is 24.8 Å². The maximum absolute atomic E-state index is 13.3. The Kier molecular flexibility index (Phi) is 8.56. The topological polar surface area (TPSA) is 89.0 Å². The van der Waals surface area contributed by atoms with Crippen LogP contribution in [0.3, 0.4) is 0 Å². The zero-order valence-corrected chi connectivity index (χ0v) is 21.2. The molecule has 1 fully saturated rings. The molecule has 1 unspecified atom stereocenters. The van der Waals surface area contributed by atoms with Crippen molar-refractivity contribution in [2.75, 3.05) is 13.2 Å². The van der Waals surface area contributed by atoms with Gasteiger partial charge in [-0.15, -0.1) is 0 Å². The van der Waals surface area contributed by atoms with Gasteiger partial charge < -0.3 is 19.5 Å². The van der Waals surface area contributed by atoms with Crippen molar-refractivity contribution in [3.63, 3.8) is 0 Å². The summed E-state index contributed by atoms with van der Waals surface area (Å²) in [7, 11) is 0. The van der Waals surface area contributed by atoms with Crippen LogP contribution in [0.25, 0.3) is 5.76 Å². The Morgan fingerprint density at radius 1 is 0.946 bits per heavy atom. The zero-order chi connectivity index (χ0) is 26.2. The molecule has 192 valence electrons. The molecule has 0 radical (unpaired) electrons.